The average Bonchev–Trinajstić information content (AvgIpc) is 2.53. The second-order valence-electron chi connectivity index (χ2n) is 5.60. The normalized spacial score (nSPS) is 27.8. The summed E-state index contributed by atoms with van der Waals surface area (Å²) in [5, 5.41) is 9.35. The number of nitrogens with zero attached hydrogens (tertiary/aromatic N) is 1. The van der Waals surface area contributed by atoms with E-state index in [-0.39, 0.29) is 12.0 Å². The highest BCUT2D eigenvalue weighted by Crippen LogP contribution is 2.27. The summed E-state index contributed by atoms with van der Waals surface area (Å²) in [5.41, 5.74) is 0. The van der Waals surface area contributed by atoms with Gasteiger partial charge in [0.15, 0.2) is 0 Å². The van der Waals surface area contributed by atoms with Crippen molar-refractivity contribution in [2.75, 3.05) is 13.6 Å². The van der Waals surface area contributed by atoms with Crippen molar-refractivity contribution in [3.8, 4) is 0 Å². The molecule has 3 atom stereocenters. The van der Waals surface area contributed by atoms with Crippen LogP contribution in [-0.4, -0.2) is 35.6 Å². The highest BCUT2D eigenvalue weighted by Gasteiger charge is 2.32. The van der Waals surface area contributed by atoms with Crippen molar-refractivity contribution in [1.29, 1.82) is 0 Å². The van der Waals surface area contributed by atoms with Crippen LogP contribution in [0.3, 0.4) is 0 Å². The summed E-state index contributed by atoms with van der Waals surface area (Å²) >= 11 is 0. The molecule has 0 heterocycles. The lowest BCUT2D eigenvalue weighted by atomic mass is 9.93. The summed E-state index contributed by atoms with van der Waals surface area (Å²) in [7, 11) is 2.10. The first kappa shape index (κ1) is 14.5. The van der Waals surface area contributed by atoms with Crippen LogP contribution in [0.25, 0.3) is 0 Å². The first-order valence-corrected chi connectivity index (χ1v) is 6.99. The van der Waals surface area contributed by atoms with Crippen molar-refractivity contribution in [2.24, 2.45) is 11.8 Å². The molecule has 0 amide bonds. The molecule has 3 heteroatoms. The lowest BCUT2D eigenvalue weighted by Gasteiger charge is -2.33. The highest BCUT2D eigenvalue weighted by atomic mass is 16.4. The Hall–Kier alpha value is -0.570. The minimum Gasteiger partial charge on any atom is -0.481 e. The van der Waals surface area contributed by atoms with Crippen molar-refractivity contribution < 1.29 is 9.90 Å². The van der Waals surface area contributed by atoms with Crippen LogP contribution in [0.15, 0.2) is 0 Å². The van der Waals surface area contributed by atoms with Crippen LogP contribution in [0.5, 0.6) is 0 Å². The van der Waals surface area contributed by atoms with E-state index in [0.717, 1.165) is 32.2 Å². The van der Waals surface area contributed by atoms with E-state index in [1.54, 1.807) is 0 Å². The van der Waals surface area contributed by atoms with Gasteiger partial charge in [-0.3, -0.25) is 4.79 Å². The molecule has 100 valence electrons. The van der Waals surface area contributed by atoms with Crippen molar-refractivity contribution >= 4 is 5.97 Å². The molecule has 0 aromatic heterocycles. The Morgan fingerprint density at radius 3 is 2.59 bits per heavy atom. The van der Waals surface area contributed by atoms with E-state index < -0.39 is 5.97 Å². The molecule has 1 N–H and O–H groups in total. The zero-order valence-electron chi connectivity index (χ0n) is 11.5. The Balaban J connectivity index is 2.64. The fraction of sp³-hybridized carbons (Fsp3) is 0.929. The van der Waals surface area contributed by atoms with E-state index in [0.29, 0.717) is 5.92 Å². The van der Waals surface area contributed by atoms with Crippen LogP contribution in [0.4, 0.5) is 0 Å². The molecule has 1 aliphatic rings. The van der Waals surface area contributed by atoms with E-state index in [4.69, 9.17) is 0 Å². The van der Waals surface area contributed by atoms with Gasteiger partial charge < -0.3 is 10.0 Å². The van der Waals surface area contributed by atoms with E-state index in [1.807, 2.05) is 0 Å². The molecule has 0 radical (unpaired) electrons. The smallest absolute Gasteiger partial charge is 0.308 e. The average molecular weight is 241 g/mol. The summed E-state index contributed by atoms with van der Waals surface area (Å²) in [6.07, 6.45) is 6.50. The number of carbonyl (C=O) groups is 1. The minimum absolute atomic E-state index is 0.161. The maximum absolute atomic E-state index is 11.4. The second kappa shape index (κ2) is 7.00. The molecular formula is C14H27NO2. The molecule has 0 aromatic carbocycles. The number of hydrogen-bond acceptors (Lipinski definition) is 2. The summed E-state index contributed by atoms with van der Waals surface area (Å²) < 4.78 is 0. The molecule has 17 heavy (non-hydrogen) atoms. The number of aliphatic carboxylic acids is 1. The Bertz CT molecular complexity index is 242. The van der Waals surface area contributed by atoms with Crippen molar-refractivity contribution in [1.82, 2.24) is 4.90 Å². The minimum atomic E-state index is -0.604. The zero-order chi connectivity index (χ0) is 12.8. The van der Waals surface area contributed by atoms with Gasteiger partial charge in [-0.05, 0) is 25.8 Å². The molecule has 0 aliphatic heterocycles. The third-order valence-electron chi connectivity index (χ3n) is 4.16. The predicted octanol–water partition coefficient (Wildman–Crippen LogP) is 3.00. The van der Waals surface area contributed by atoms with Gasteiger partial charge in [-0.15, -0.1) is 0 Å². The van der Waals surface area contributed by atoms with Crippen LogP contribution in [0.2, 0.25) is 0 Å². The number of hydrogen-bond donors (Lipinski definition) is 1. The molecular weight excluding hydrogens is 214 g/mol. The Labute approximate surface area is 105 Å². The summed E-state index contributed by atoms with van der Waals surface area (Å²) in [4.78, 5) is 13.6. The maximum atomic E-state index is 11.4. The molecule has 0 spiro atoms. The Morgan fingerprint density at radius 2 is 2.00 bits per heavy atom. The number of carboxylic acid groups (broad SMARTS) is 1. The lowest BCUT2D eigenvalue weighted by Crippen LogP contribution is -2.42. The van der Waals surface area contributed by atoms with E-state index >= 15 is 0 Å². The van der Waals surface area contributed by atoms with E-state index in [2.05, 4.69) is 25.8 Å². The van der Waals surface area contributed by atoms with Crippen molar-refractivity contribution in [3.05, 3.63) is 0 Å². The second-order valence-corrected chi connectivity index (χ2v) is 5.60. The molecule has 0 bridgehead atoms. The Morgan fingerprint density at radius 1 is 1.35 bits per heavy atom. The zero-order valence-corrected chi connectivity index (χ0v) is 11.5. The molecule has 3 unspecified atom stereocenters. The first-order valence-electron chi connectivity index (χ1n) is 6.99. The number of rotatable bonds is 5. The maximum Gasteiger partial charge on any atom is 0.308 e. The summed E-state index contributed by atoms with van der Waals surface area (Å²) in [5.74, 6) is -0.114. The molecule has 1 fully saturated rings. The fourth-order valence-electron chi connectivity index (χ4n) is 2.86. The van der Waals surface area contributed by atoms with Crippen LogP contribution in [0.1, 0.15) is 52.4 Å². The van der Waals surface area contributed by atoms with Gasteiger partial charge in [-0.25, -0.2) is 0 Å². The molecule has 1 rings (SSSR count). The summed E-state index contributed by atoms with van der Waals surface area (Å²) in [6.45, 7) is 5.45. The van der Waals surface area contributed by atoms with Gasteiger partial charge in [0.2, 0.25) is 0 Å². The molecule has 1 saturated carbocycles. The van der Waals surface area contributed by atoms with Gasteiger partial charge in [0, 0.05) is 12.6 Å². The lowest BCUT2D eigenvalue weighted by molar-refractivity contribution is -0.144. The predicted molar refractivity (Wildman–Crippen MR) is 70.1 cm³/mol. The van der Waals surface area contributed by atoms with Gasteiger partial charge in [0.25, 0.3) is 0 Å². The first-order chi connectivity index (χ1) is 8.06. The monoisotopic (exact) mass is 241 g/mol. The van der Waals surface area contributed by atoms with Gasteiger partial charge in [0.1, 0.15) is 0 Å². The molecule has 0 saturated heterocycles. The fourth-order valence-corrected chi connectivity index (χ4v) is 2.86. The molecule has 0 aromatic rings. The van der Waals surface area contributed by atoms with Gasteiger partial charge in [-0.2, -0.15) is 0 Å². The Kier molecular flexibility index (Phi) is 5.96. The highest BCUT2D eigenvalue weighted by molar-refractivity contribution is 5.70. The van der Waals surface area contributed by atoms with Crippen LogP contribution in [-0.2, 0) is 4.79 Å². The number of carboxylic acids is 1. The van der Waals surface area contributed by atoms with E-state index in [1.165, 1.54) is 12.8 Å². The summed E-state index contributed by atoms with van der Waals surface area (Å²) in [6, 6.07) is 0.240. The third kappa shape index (κ3) is 4.30. The molecule has 3 nitrogen and oxygen atoms in total. The quantitative estimate of drug-likeness (QED) is 0.752. The van der Waals surface area contributed by atoms with Crippen molar-refractivity contribution in [2.45, 2.75) is 58.4 Å². The van der Waals surface area contributed by atoms with Crippen molar-refractivity contribution in [3.63, 3.8) is 0 Å². The van der Waals surface area contributed by atoms with E-state index in [9.17, 15) is 9.90 Å². The largest absolute Gasteiger partial charge is 0.481 e. The standard InChI is InChI=1S/C14H27NO2/c1-4-11(2)10-15(3)13-9-7-5-6-8-12(13)14(16)17/h11-13H,4-10H2,1-3H3,(H,16,17). The van der Waals surface area contributed by atoms with Crippen LogP contribution < -0.4 is 0 Å². The van der Waals surface area contributed by atoms with Gasteiger partial charge in [0.05, 0.1) is 5.92 Å². The molecule has 1 aliphatic carbocycles. The SMILES string of the molecule is CCC(C)CN(C)C1CCCCCC1C(=O)O. The van der Waals surface area contributed by atoms with Gasteiger partial charge in [-0.1, -0.05) is 39.5 Å². The van der Waals surface area contributed by atoms with Crippen LogP contribution >= 0.6 is 0 Å². The topological polar surface area (TPSA) is 40.5 Å². The third-order valence-corrected chi connectivity index (χ3v) is 4.16. The van der Waals surface area contributed by atoms with Gasteiger partial charge >= 0.3 is 5.97 Å². The van der Waals surface area contributed by atoms with Crippen LogP contribution in [0, 0.1) is 11.8 Å².